The zero-order chi connectivity index (χ0) is 21.8. The number of aromatic nitrogens is 1. The molecule has 0 radical (unpaired) electrons. The van der Waals surface area contributed by atoms with Gasteiger partial charge in [0.15, 0.2) is 19.9 Å². The molecule has 7 nitrogen and oxygen atoms in total. The Morgan fingerprint density at radius 2 is 2.13 bits per heavy atom. The summed E-state index contributed by atoms with van der Waals surface area (Å²) in [5, 5.41) is 19.9. The Morgan fingerprint density at radius 3 is 2.80 bits per heavy atom. The minimum Gasteiger partial charge on any atom is -0.386 e. The van der Waals surface area contributed by atoms with Gasteiger partial charge in [0.25, 0.3) is 0 Å². The van der Waals surface area contributed by atoms with Crippen LogP contribution in [0.2, 0.25) is 0 Å². The number of carbonyl (C=O) groups is 1. The van der Waals surface area contributed by atoms with Crippen molar-refractivity contribution >= 4 is 33.0 Å². The molecule has 162 valence electrons. The highest BCUT2D eigenvalue weighted by atomic mass is 32.2. The largest absolute Gasteiger partial charge is 0.386 e. The lowest BCUT2D eigenvalue weighted by molar-refractivity contribution is 0.0748. The van der Waals surface area contributed by atoms with Crippen LogP contribution in [0.25, 0.3) is 0 Å². The minimum absolute atomic E-state index is 0.0324. The van der Waals surface area contributed by atoms with Crippen LogP contribution >= 0.6 is 11.3 Å². The predicted octanol–water partition coefficient (Wildman–Crippen LogP) is 3.98. The van der Waals surface area contributed by atoms with E-state index in [2.05, 4.69) is 16.6 Å². The summed E-state index contributed by atoms with van der Waals surface area (Å²) in [5.41, 5.74) is 3.19. The number of nitrogens with zero attached hydrogens (tertiary/aromatic N) is 2. The number of anilines is 1. The average Bonchev–Trinajstić information content (AvgIpc) is 3.33. The highest BCUT2D eigenvalue weighted by Crippen LogP contribution is 2.41. The number of pyridine rings is 1. The van der Waals surface area contributed by atoms with E-state index in [1.54, 1.807) is 0 Å². The summed E-state index contributed by atoms with van der Waals surface area (Å²) in [6.45, 7) is 4.94. The lowest BCUT2D eigenvalue weighted by atomic mass is 10.0. The number of aryl methyl sites for hydroxylation is 1. The minimum atomic E-state index is -3.81. The molecule has 30 heavy (non-hydrogen) atoms. The van der Waals surface area contributed by atoms with Gasteiger partial charge in [0.2, 0.25) is 0 Å². The van der Waals surface area contributed by atoms with Gasteiger partial charge >= 0.3 is 6.03 Å². The highest BCUT2D eigenvalue weighted by Gasteiger charge is 2.31. The van der Waals surface area contributed by atoms with Gasteiger partial charge in [-0.15, -0.1) is 15.7 Å². The van der Waals surface area contributed by atoms with Crippen LogP contribution in [0.1, 0.15) is 67.6 Å². The van der Waals surface area contributed by atoms with Crippen LogP contribution in [-0.2, 0) is 34.8 Å². The molecular formula is C20H25FN4O3S2. The van der Waals surface area contributed by atoms with Crippen molar-refractivity contribution in [1.29, 1.82) is 0 Å². The highest BCUT2D eigenvalue weighted by molar-refractivity contribution is 7.93. The van der Waals surface area contributed by atoms with Crippen LogP contribution in [0.5, 0.6) is 0 Å². The number of fused-ring (bicyclic) bond motifs is 2. The summed E-state index contributed by atoms with van der Waals surface area (Å²) in [6, 6.07) is -0.873. The number of aliphatic hydroxyl groups is 1. The number of thiophene rings is 1. The van der Waals surface area contributed by atoms with Crippen LogP contribution in [0.4, 0.5) is 14.9 Å². The molecule has 0 fully saturated rings. The normalized spacial score (nSPS) is 19.9. The van der Waals surface area contributed by atoms with Crippen LogP contribution in [0.15, 0.2) is 14.0 Å². The summed E-state index contributed by atoms with van der Waals surface area (Å²) in [7, 11) is -3.81. The van der Waals surface area contributed by atoms with Gasteiger partial charge in [-0.25, -0.2) is 18.5 Å². The molecule has 0 saturated heterocycles. The van der Waals surface area contributed by atoms with Crippen LogP contribution in [0.3, 0.4) is 0 Å². The van der Waals surface area contributed by atoms with Crippen LogP contribution in [-0.4, -0.2) is 20.3 Å². The van der Waals surface area contributed by atoms with Gasteiger partial charge in [0.05, 0.1) is 11.3 Å². The fourth-order valence-electron chi connectivity index (χ4n) is 4.18. The topological polar surface area (TPSA) is 118 Å². The van der Waals surface area contributed by atoms with E-state index in [1.165, 1.54) is 19.2 Å². The summed E-state index contributed by atoms with van der Waals surface area (Å²) < 4.78 is 30.9. The summed E-state index contributed by atoms with van der Waals surface area (Å²) >= 11 is 0.780. The zero-order valence-corrected chi connectivity index (χ0v) is 18.8. The second-order valence-electron chi connectivity index (χ2n) is 8.47. The van der Waals surface area contributed by atoms with Crippen molar-refractivity contribution in [2.24, 2.45) is 9.50 Å². The zero-order valence-electron chi connectivity index (χ0n) is 17.1. The molecule has 0 saturated carbocycles. The predicted molar refractivity (Wildman–Crippen MR) is 115 cm³/mol. The van der Waals surface area contributed by atoms with Crippen molar-refractivity contribution in [2.75, 3.05) is 5.32 Å². The quantitative estimate of drug-likeness (QED) is 0.653. The molecule has 4 N–H and O–H groups in total. The molecule has 0 unspecified atom stereocenters. The molecular weight excluding hydrogens is 427 g/mol. The number of urea groups is 1. The van der Waals surface area contributed by atoms with Gasteiger partial charge in [-0.1, -0.05) is 6.92 Å². The van der Waals surface area contributed by atoms with E-state index < -0.39 is 27.4 Å². The van der Waals surface area contributed by atoms with Crippen LogP contribution in [0, 0.1) is 5.82 Å². The molecule has 0 aliphatic heterocycles. The summed E-state index contributed by atoms with van der Waals surface area (Å²) in [6.07, 6.45) is 4.40. The number of halogens is 1. The van der Waals surface area contributed by atoms with E-state index in [1.807, 2.05) is 0 Å². The Labute approximate surface area is 179 Å². The lowest BCUT2D eigenvalue weighted by Gasteiger charge is -2.16. The van der Waals surface area contributed by atoms with E-state index in [9.17, 15) is 18.5 Å². The van der Waals surface area contributed by atoms with Crippen molar-refractivity contribution in [3.05, 3.63) is 39.3 Å². The number of carbonyl (C=O) groups excluding carboxylic acids is 1. The molecule has 0 aromatic carbocycles. The van der Waals surface area contributed by atoms with Crippen molar-refractivity contribution in [3.63, 3.8) is 0 Å². The number of hydrogen-bond donors (Lipinski definition) is 3. The number of nitrogens with two attached hydrogens (primary N) is 1. The average molecular weight is 453 g/mol. The van der Waals surface area contributed by atoms with Gasteiger partial charge < -0.3 is 10.4 Å². The Balaban J connectivity index is 1.69. The third-order valence-corrected chi connectivity index (χ3v) is 8.63. The second-order valence-corrected chi connectivity index (χ2v) is 11.3. The van der Waals surface area contributed by atoms with Gasteiger partial charge in [-0.2, -0.15) is 0 Å². The summed E-state index contributed by atoms with van der Waals surface area (Å²) in [4.78, 5) is 17.5. The SMILES string of the molecule is C[C@@H]1CCc2c1nc1c(c2NC(=O)N=[S@@](N)(=O)c2scc(C(C)(C)O)c2F)CCC1. The van der Waals surface area contributed by atoms with Crippen molar-refractivity contribution in [1.82, 2.24) is 4.98 Å². The number of nitrogens with one attached hydrogen (secondary N) is 1. The number of hydrogen-bond acceptors (Lipinski definition) is 5. The van der Waals surface area contributed by atoms with Gasteiger partial charge in [-0.05, 0) is 63.0 Å². The van der Waals surface area contributed by atoms with E-state index >= 15 is 0 Å². The molecule has 4 rings (SSSR count). The lowest BCUT2D eigenvalue weighted by Crippen LogP contribution is -2.20. The van der Waals surface area contributed by atoms with E-state index in [0.717, 1.165) is 66.0 Å². The van der Waals surface area contributed by atoms with E-state index in [4.69, 9.17) is 10.1 Å². The van der Waals surface area contributed by atoms with Crippen molar-refractivity contribution in [3.8, 4) is 0 Å². The molecule has 0 bridgehead atoms. The Bertz CT molecular complexity index is 1160. The van der Waals surface area contributed by atoms with Gasteiger partial charge in [0, 0.05) is 22.3 Å². The maximum absolute atomic E-state index is 14.7. The van der Waals surface area contributed by atoms with Crippen LogP contribution < -0.4 is 10.5 Å². The fraction of sp³-hybridized carbons (Fsp3) is 0.500. The summed E-state index contributed by atoms with van der Waals surface area (Å²) in [5.74, 6) is -0.575. The maximum Gasteiger partial charge on any atom is 0.354 e. The molecule has 2 amide bonds. The first kappa shape index (κ1) is 21.4. The number of amides is 2. The molecule has 2 aromatic heterocycles. The molecule has 10 heteroatoms. The molecule has 2 heterocycles. The van der Waals surface area contributed by atoms with Gasteiger partial charge in [-0.3, -0.25) is 4.98 Å². The standard InChI is InChI=1S/C20H25FN4O3S2/c1-10-7-8-12-16(10)23-14-6-4-5-11(14)17(12)24-19(26)25-30(22,28)18-15(21)13(9-29-18)20(2,3)27/h9-10,27H,4-8H2,1-3H3,(H3,22,23,24,25,26,28)/t10-,30-/m1/s1. The van der Waals surface area contributed by atoms with Gasteiger partial charge in [0.1, 0.15) is 0 Å². The smallest absolute Gasteiger partial charge is 0.354 e. The van der Waals surface area contributed by atoms with E-state index in [0.29, 0.717) is 11.6 Å². The molecule has 2 aromatic rings. The molecule has 2 aliphatic carbocycles. The Hall–Kier alpha value is -1.88. The third kappa shape index (κ3) is 3.66. The first-order valence-corrected chi connectivity index (χ1v) is 12.3. The maximum atomic E-state index is 14.7. The number of rotatable bonds is 3. The Kier molecular flexibility index (Phi) is 5.24. The third-order valence-electron chi connectivity index (χ3n) is 5.73. The molecule has 2 atom stereocenters. The first-order valence-electron chi connectivity index (χ1n) is 9.89. The second kappa shape index (κ2) is 7.37. The fourth-order valence-corrected chi connectivity index (χ4v) is 6.56. The monoisotopic (exact) mass is 452 g/mol. The van der Waals surface area contributed by atoms with Crippen molar-refractivity contribution in [2.45, 2.75) is 68.6 Å². The Morgan fingerprint density at radius 1 is 1.40 bits per heavy atom. The molecule has 2 aliphatic rings. The first-order chi connectivity index (χ1) is 14.0. The van der Waals surface area contributed by atoms with Crippen molar-refractivity contribution < 1.29 is 18.5 Å². The molecule has 0 spiro atoms. The van der Waals surface area contributed by atoms with E-state index in [-0.39, 0.29) is 9.77 Å².